The average Bonchev–Trinajstić information content (AvgIpc) is 2.17. The van der Waals surface area contributed by atoms with Crippen LogP contribution < -0.4 is 4.90 Å². The Morgan fingerprint density at radius 1 is 1.47 bits per heavy atom. The molecule has 0 aliphatic carbocycles. The standard InChI is InChI=1S/C12H18BrNO/c1-4-7-14(3)10-5-6-11(9(2)15)12(13)8-10/h5-6,8-9,15H,4,7H2,1-3H3/t9-/m1/s1. The minimum atomic E-state index is -0.426. The van der Waals surface area contributed by atoms with Gasteiger partial charge in [0.05, 0.1) is 6.10 Å². The topological polar surface area (TPSA) is 23.5 Å². The summed E-state index contributed by atoms with van der Waals surface area (Å²) in [6.45, 7) is 4.98. The fraction of sp³-hybridized carbons (Fsp3) is 0.500. The van der Waals surface area contributed by atoms with E-state index in [0.717, 1.165) is 23.0 Å². The monoisotopic (exact) mass is 271 g/mol. The van der Waals surface area contributed by atoms with E-state index in [-0.39, 0.29) is 0 Å². The van der Waals surface area contributed by atoms with Crippen molar-refractivity contribution >= 4 is 21.6 Å². The molecular weight excluding hydrogens is 254 g/mol. The lowest BCUT2D eigenvalue weighted by Crippen LogP contribution is -2.17. The van der Waals surface area contributed by atoms with Crippen molar-refractivity contribution in [3.63, 3.8) is 0 Å². The van der Waals surface area contributed by atoms with Gasteiger partial charge < -0.3 is 10.0 Å². The van der Waals surface area contributed by atoms with E-state index in [4.69, 9.17) is 0 Å². The number of hydrogen-bond acceptors (Lipinski definition) is 2. The van der Waals surface area contributed by atoms with Crippen molar-refractivity contribution in [3.8, 4) is 0 Å². The van der Waals surface area contributed by atoms with Crippen molar-refractivity contribution in [2.45, 2.75) is 26.4 Å². The molecule has 0 heterocycles. The molecule has 0 spiro atoms. The van der Waals surface area contributed by atoms with Crippen molar-refractivity contribution in [1.82, 2.24) is 0 Å². The van der Waals surface area contributed by atoms with Crippen LogP contribution in [0, 0.1) is 0 Å². The van der Waals surface area contributed by atoms with Gasteiger partial charge in [-0.15, -0.1) is 0 Å². The first-order chi connectivity index (χ1) is 7.06. The molecule has 0 aliphatic heterocycles. The Kier molecular flexibility index (Phi) is 4.61. The van der Waals surface area contributed by atoms with E-state index in [1.165, 1.54) is 5.69 Å². The lowest BCUT2D eigenvalue weighted by Gasteiger charge is -2.19. The molecule has 1 atom stereocenters. The number of rotatable bonds is 4. The molecule has 0 aromatic heterocycles. The molecule has 1 N–H and O–H groups in total. The molecule has 84 valence electrons. The number of aliphatic hydroxyl groups excluding tert-OH is 1. The first-order valence-electron chi connectivity index (χ1n) is 5.25. The van der Waals surface area contributed by atoms with Gasteiger partial charge >= 0.3 is 0 Å². The normalized spacial score (nSPS) is 12.6. The van der Waals surface area contributed by atoms with Gasteiger partial charge in [-0.05, 0) is 31.0 Å². The van der Waals surface area contributed by atoms with E-state index in [0.29, 0.717) is 0 Å². The van der Waals surface area contributed by atoms with Crippen molar-refractivity contribution < 1.29 is 5.11 Å². The van der Waals surface area contributed by atoms with E-state index in [2.05, 4.69) is 40.9 Å². The van der Waals surface area contributed by atoms with Gasteiger partial charge in [-0.1, -0.05) is 28.9 Å². The SMILES string of the molecule is CCCN(C)c1ccc([C@@H](C)O)c(Br)c1. The van der Waals surface area contributed by atoms with Gasteiger partial charge in [0.15, 0.2) is 0 Å². The summed E-state index contributed by atoms with van der Waals surface area (Å²) < 4.78 is 0.970. The van der Waals surface area contributed by atoms with E-state index >= 15 is 0 Å². The Labute approximate surface area is 100 Å². The Morgan fingerprint density at radius 3 is 2.60 bits per heavy atom. The summed E-state index contributed by atoms with van der Waals surface area (Å²) in [5.74, 6) is 0. The first kappa shape index (κ1) is 12.5. The second kappa shape index (κ2) is 5.52. The highest BCUT2D eigenvalue weighted by molar-refractivity contribution is 9.10. The van der Waals surface area contributed by atoms with Crippen LogP contribution in [0.2, 0.25) is 0 Å². The van der Waals surface area contributed by atoms with Gasteiger partial charge in [-0.2, -0.15) is 0 Å². The third-order valence-corrected chi connectivity index (χ3v) is 3.12. The van der Waals surface area contributed by atoms with Crippen LogP contribution in [-0.2, 0) is 0 Å². The van der Waals surface area contributed by atoms with Crippen molar-refractivity contribution in [2.24, 2.45) is 0 Å². The summed E-state index contributed by atoms with van der Waals surface area (Å²) in [6, 6.07) is 6.07. The predicted octanol–water partition coefficient (Wildman–Crippen LogP) is 3.35. The van der Waals surface area contributed by atoms with E-state index in [1.807, 2.05) is 12.1 Å². The quantitative estimate of drug-likeness (QED) is 0.908. The van der Waals surface area contributed by atoms with Gasteiger partial charge in [0.2, 0.25) is 0 Å². The van der Waals surface area contributed by atoms with Crippen LogP contribution in [0.25, 0.3) is 0 Å². The molecule has 3 heteroatoms. The van der Waals surface area contributed by atoms with Gasteiger partial charge in [0, 0.05) is 23.8 Å². The zero-order valence-electron chi connectivity index (χ0n) is 9.50. The Bertz CT molecular complexity index is 325. The highest BCUT2D eigenvalue weighted by Gasteiger charge is 2.08. The fourth-order valence-electron chi connectivity index (χ4n) is 1.56. The largest absolute Gasteiger partial charge is 0.389 e. The second-order valence-corrected chi connectivity index (χ2v) is 4.66. The minimum Gasteiger partial charge on any atom is -0.389 e. The Morgan fingerprint density at radius 2 is 2.13 bits per heavy atom. The van der Waals surface area contributed by atoms with Crippen LogP contribution in [-0.4, -0.2) is 18.7 Å². The van der Waals surface area contributed by atoms with Gasteiger partial charge in [-0.25, -0.2) is 0 Å². The zero-order valence-corrected chi connectivity index (χ0v) is 11.1. The molecule has 1 aromatic rings. The summed E-state index contributed by atoms with van der Waals surface area (Å²) in [4.78, 5) is 2.20. The molecule has 1 rings (SSSR count). The van der Waals surface area contributed by atoms with Gasteiger partial charge in [0.1, 0.15) is 0 Å². The maximum Gasteiger partial charge on any atom is 0.0772 e. The average molecular weight is 272 g/mol. The lowest BCUT2D eigenvalue weighted by molar-refractivity contribution is 0.198. The molecule has 0 bridgehead atoms. The smallest absolute Gasteiger partial charge is 0.0772 e. The van der Waals surface area contributed by atoms with Crippen molar-refractivity contribution in [1.29, 1.82) is 0 Å². The van der Waals surface area contributed by atoms with Crippen LogP contribution in [0.4, 0.5) is 5.69 Å². The number of anilines is 1. The zero-order chi connectivity index (χ0) is 11.4. The number of halogens is 1. The number of nitrogens with zero attached hydrogens (tertiary/aromatic N) is 1. The summed E-state index contributed by atoms with van der Waals surface area (Å²) in [6.07, 6.45) is 0.705. The summed E-state index contributed by atoms with van der Waals surface area (Å²) >= 11 is 3.48. The first-order valence-corrected chi connectivity index (χ1v) is 6.04. The van der Waals surface area contributed by atoms with Crippen LogP contribution in [0.5, 0.6) is 0 Å². The molecule has 0 saturated carbocycles. The molecule has 0 aliphatic rings. The second-order valence-electron chi connectivity index (χ2n) is 3.80. The summed E-state index contributed by atoms with van der Waals surface area (Å²) in [5, 5.41) is 9.49. The van der Waals surface area contributed by atoms with Crippen LogP contribution in [0.3, 0.4) is 0 Å². The third-order valence-electron chi connectivity index (χ3n) is 2.43. The molecular formula is C12H18BrNO. The van der Waals surface area contributed by atoms with Crippen LogP contribution >= 0.6 is 15.9 Å². The van der Waals surface area contributed by atoms with E-state index < -0.39 is 6.10 Å². The van der Waals surface area contributed by atoms with E-state index in [1.54, 1.807) is 6.92 Å². The van der Waals surface area contributed by atoms with Crippen molar-refractivity contribution in [3.05, 3.63) is 28.2 Å². The number of hydrogen-bond donors (Lipinski definition) is 1. The highest BCUT2D eigenvalue weighted by Crippen LogP contribution is 2.27. The molecule has 0 radical (unpaired) electrons. The fourth-order valence-corrected chi connectivity index (χ4v) is 2.25. The van der Waals surface area contributed by atoms with Gasteiger partial charge in [-0.3, -0.25) is 0 Å². The van der Waals surface area contributed by atoms with Gasteiger partial charge in [0.25, 0.3) is 0 Å². The minimum absolute atomic E-state index is 0.426. The van der Waals surface area contributed by atoms with E-state index in [9.17, 15) is 5.11 Å². The third kappa shape index (κ3) is 3.21. The molecule has 2 nitrogen and oxygen atoms in total. The molecule has 0 amide bonds. The molecule has 0 unspecified atom stereocenters. The predicted molar refractivity (Wildman–Crippen MR) is 68.3 cm³/mol. The summed E-state index contributed by atoms with van der Waals surface area (Å²) in [5.41, 5.74) is 2.11. The number of benzene rings is 1. The molecule has 0 saturated heterocycles. The molecule has 0 fully saturated rings. The maximum atomic E-state index is 9.49. The summed E-state index contributed by atoms with van der Waals surface area (Å²) in [7, 11) is 2.08. The molecule has 15 heavy (non-hydrogen) atoms. The Balaban J connectivity index is 2.91. The van der Waals surface area contributed by atoms with Crippen molar-refractivity contribution in [2.75, 3.05) is 18.5 Å². The lowest BCUT2D eigenvalue weighted by atomic mass is 10.1. The van der Waals surface area contributed by atoms with Crippen LogP contribution in [0.15, 0.2) is 22.7 Å². The Hall–Kier alpha value is -0.540. The van der Waals surface area contributed by atoms with Crippen LogP contribution in [0.1, 0.15) is 31.9 Å². The number of aliphatic hydroxyl groups is 1. The molecule has 1 aromatic carbocycles. The maximum absolute atomic E-state index is 9.49. The highest BCUT2D eigenvalue weighted by atomic mass is 79.9.